The largest absolute Gasteiger partial charge is 0.478 e. The monoisotopic (exact) mass is 312 g/mol. The number of carbonyl (C=O) groups excluding carboxylic acids is 1. The standard InChI is InChI=1S/C19H20O4/c1-3-6-14-9-11-15(12-10-14)13(2)23-19(22)17-8-5-4-7-16(17)18(20)21/h4-5,7-13H,3,6H2,1-2H3,(H,20,21)/t13-/m1/s1. The lowest BCUT2D eigenvalue weighted by Gasteiger charge is -2.15. The van der Waals surface area contributed by atoms with Crippen molar-refractivity contribution in [1.29, 1.82) is 0 Å². The molecule has 2 aromatic rings. The highest BCUT2D eigenvalue weighted by molar-refractivity contribution is 6.02. The molecule has 1 atom stereocenters. The van der Waals surface area contributed by atoms with Gasteiger partial charge in [-0.1, -0.05) is 49.7 Å². The lowest BCUT2D eigenvalue weighted by atomic mass is 10.0. The molecule has 0 aliphatic rings. The first-order chi connectivity index (χ1) is 11.0. The Morgan fingerprint density at radius 1 is 1.04 bits per heavy atom. The topological polar surface area (TPSA) is 63.6 Å². The van der Waals surface area contributed by atoms with Crippen LogP contribution < -0.4 is 0 Å². The van der Waals surface area contributed by atoms with Crippen molar-refractivity contribution >= 4 is 11.9 Å². The van der Waals surface area contributed by atoms with Gasteiger partial charge in [0.05, 0.1) is 11.1 Å². The molecule has 1 N–H and O–H groups in total. The van der Waals surface area contributed by atoms with E-state index in [4.69, 9.17) is 9.84 Å². The molecular formula is C19H20O4. The molecular weight excluding hydrogens is 292 g/mol. The Labute approximate surface area is 135 Å². The van der Waals surface area contributed by atoms with Crippen LogP contribution in [-0.4, -0.2) is 17.0 Å². The molecule has 0 aromatic heterocycles. The van der Waals surface area contributed by atoms with Crippen molar-refractivity contribution in [1.82, 2.24) is 0 Å². The van der Waals surface area contributed by atoms with Crippen LogP contribution in [0, 0.1) is 0 Å². The average Bonchev–Trinajstić information content (AvgIpc) is 2.55. The van der Waals surface area contributed by atoms with Gasteiger partial charge in [0.1, 0.15) is 6.10 Å². The Morgan fingerprint density at radius 3 is 2.22 bits per heavy atom. The minimum absolute atomic E-state index is 0.0528. The predicted octanol–water partition coefficient (Wildman–Crippen LogP) is 4.26. The van der Waals surface area contributed by atoms with Crippen LogP contribution in [0.2, 0.25) is 0 Å². The molecule has 0 fully saturated rings. The maximum Gasteiger partial charge on any atom is 0.339 e. The number of rotatable bonds is 6. The van der Waals surface area contributed by atoms with Crippen LogP contribution in [0.1, 0.15) is 58.2 Å². The molecule has 0 spiro atoms. The molecule has 0 saturated carbocycles. The first-order valence-corrected chi connectivity index (χ1v) is 7.65. The summed E-state index contributed by atoms with van der Waals surface area (Å²) in [6.45, 7) is 3.90. The number of esters is 1. The number of aryl methyl sites for hydroxylation is 1. The lowest BCUT2D eigenvalue weighted by Crippen LogP contribution is -2.13. The Kier molecular flexibility index (Phi) is 5.52. The highest BCUT2D eigenvalue weighted by Gasteiger charge is 2.19. The van der Waals surface area contributed by atoms with E-state index < -0.39 is 18.0 Å². The van der Waals surface area contributed by atoms with Gasteiger partial charge in [-0.25, -0.2) is 9.59 Å². The molecule has 23 heavy (non-hydrogen) atoms. The smallest absolute Gasteiger partial charge is 0.339 e. The molecule has 0 saturated heterocycles. The number of carboxylic acid groups (broad SMARTS) is 1. The Hall–Kier alpha value is -2.62. The summed E-state index contributed by atoms with van der Waals surface area (Å²) in [7, 11) is 0. The predicted molar refractivity (Wildman–Crippen MR) is 87.7 cm³/mol. The van der Waals surface area contributed by atoms with Crippen LogP contribution in [0.3, 0.4) is 0 Å². The molecule has 2 aromatic carbocycles. The first-order valence-electron chi connectivity index (χ1n) is 7.65. The van der Waals surface area contributed by atoms with Gasteiger partial charge in [-0.15, -0.1) is 0 Å². The van der Waals surface area contributed by atoms with E-state index in [-0.39, 0.29) is 11.1 Å². The summed E-state index contributed by atoms with van der Waals surface area (Å²) in [5.74, 6) is -1.78. The summed E-state index contributed by atoms with van der Waals surface area (Å²) in [6.07, 6.45) is 1.65. The maximum atomic E-state index is 12.2. The third kappa shape index (κ3) is 4.19. The lowest BCUT2D eigenvalue weighted by molar-refractivity contribution is 0.0331. The summed E-state index contributed by atoms with van der Waals surface area (Å²) in [5, 5.41) is 9.14. The third-order valence-corrected chi connectivity index (χ3v) is 3.65. The molecule has 0 bridgehead atoms. The Balaban J connectivity index is 2.12. The molecule has 2 rings (SSSR count). The molecule has 4 heteroatoms. The van der Waals surface area contributed by atoms with Gasteiger partial charge >= 0.3 is 11.9 Å². The van der Waals surface area contributed by atoms with Crippen molar-refractivity contribution in [2.75, 3.05) is 0 Å². The minimum atomic E-state index is -1.14. The van der Waals surface area contributed by atoms with Gasteiger partial charge in [0.15, 0.2) is 0 Å². The molecule has 4 nitrogen and oxygen atoms in total. The molecule has 0 unspecified atom stereocenters. The number of carboxylic acids is 1. The van der Waals surface area contributed by atoms with Crippen LogP contribution >= 0.6 is 0 Å². The number of aromatic carboxylic acids is 1. The van der Waals surface area contributed by atoms with E-state index in [0.29, 0.717) is 0 Å². The van der Waals surface area contributed by atoms with Gasteiger partial charge in [0.2, 0.25) is 0 Å². The zero-order chi connectivity index (χ0) is 16.8. The van der Waals surface area contributed by atoms with Gasteiger partial charge < -0.3 is 9.84 Å². The third-order valence-electron chi connectivity index (χ3n) is 3.65. The van der Waals surface area contributed by atoms with E-state index in [1.807, 2.05) is 24.3 Å². The number of carbonyl (C=O) groups is 2. The normalized spacial score (nSPS) is 11.7. The fourth-order valence-electron chi connectivity index (χ4n) is 2.38. The zero-order valence-electron chi connectivity index (χ0n) is 13.3. The maximum absolute atomic E-state index is 12.2. The van der Waals surface area contributed by atoms with E-state index in [2.05, 4.69) is 6.92 Å². The number of benzene rings is 2. The van der Waals surface area contributed by atoms with Gasteiger partial charge in [0.25, 0.3) is 0 Å². The van der Waals surface area contributed by atoms with Crippen molar-refractivity contribution in [2.45, 2.75) is 32.8 Å². The van der Waals surface area contributed by atoms with Crippen LogP contribution in [0.25, 0.3) is 0 Å². The van der Waals surface area contributed by atoms with E-state index >= 15 is 0 Å². The van der Waals surface area contributed by atoms with Crippen LogP contribution in [0.15, 0.2) is 48.5 Å². The van der Waals surface area contributed by atoms with Crippen molar-refractivity contribution in [3.05, 3.63) is 70.8 Å². The Morgan fingerprint density at radius 2 is 1.65 bits per heavy atom. The van der Waals surface area contributed by atoms with Crippen LogP contribution in [0.5, 0.6) is 0 Å². The first kappa shape index (κ1) is 16.7. The summed E-state index contributed by atoms with van der Waals surface area (Å²) >= 11 is 0. The van der Waals surface area contributed by atoms with Crippen molar-refractivity contribution in [3.8, 4) is 0 Å². The zero-order valence-corrected chi connectivity index (χ0v) is 13.3. The highest BCUT2D eigenvalue weighted by Crippen LogP contribution is 2.21. The number of ether oxygens (including phenoxy) is 1. The fraction of sp³-hybridized carbons (Fsp3) is 0.263. The van der Waals surface area contributed by atoms with Gasteiger partial charge in [-0.2, -0.15) is 0 Å². The van der Waals surface area contributed by atoms with E-state index in [9.17, 15) is 9.59 Å². The summed E-state index contributed by atoms with van der Waals surface area (Å²) < 4.78 is 5.41. The quantitative estimate of drug-likeness (QED) is 0.810. The SMILES string of the molecule is CCCc1ccc([C@@H](C)OC(=O)c2ccccc2C(=O)O)cc1. The van der Waals surface area contributed by atoms with Crippen LogP contribution in [0.4, 0.5) is 0 Å². The second kappa shape index (κ2) is 7.58. The van der Waals surface area contributed by atoms with Crippen molar-refractivity contribution < 1.29 is 19.4 Å². The molecule has 120 valence electrons. The molecule has 0 aliphatic carbocycles. The van der Waals surface area contributed by atoms with Gasteiger partial charge in [0, 0.05) is 0 Å². The average molecular weight is 312 g/mol. The van der Waals surface area contributed by atoms with Crippen molar-refractivity contribution in [3.63, 3.8) is 0 Å². The van der Waals surface area contributed by atoms with E-state index in [1.54, 1.807) is 19.1 Å². The van der Waals surface area contributed by atoms with Crippen molar-refractivity contribution in [2.24, 2.45) is 0 Å². The highest BCUT2D eigenvalue weighted by atomic mass is 16.5. The second-order valence-electron chi connectivity index (χ2n) is 5.39. The summed E-state index contributed by atoms with van der Waals surface area (Å²) in [5.41, 5.74) is 2.13. The minimum Gasteiger partial charge on any atom is -0.478 e. The molecule has 0 heterocycles. The van der Waals surface area contributed by atoms with Gasteiger partial charge in [-0.3, -0.25) is 0 Å². The van der Waals surface area contributed by atoms with Crippen LogP contribution in [-0.2, 0) is 11.2 Å². The summed E-state index contributed by atoms with van der Waals surface area (Å²) in [6, 6.07) is 14.0. The van der Waals surface area contributed by atoms with Gasteiger partial charge in [-0.05, 0) is 36.6 Å². The molecule has 0 aliphatic heterocycles. The second-order valence-corrected chi connectivity index (χ2v) is 5.39. The number of hydrogen-bond donors (Lipinski definition) is 1. The van der Waals surface area contributed by atoms with E-state index in [0.717, 1.165) is 18.4 Å². The fourth-order valence-corrected chi connectivity index (χ4v) is 2.38. The van der Waals surface area contributed by atoms with E-state index in [1.165, 1.54) is 17.7 Å². The molecule has 0 amide bonds. The Bertz CT molecular complexity index is 689. The summed E-state index contributed by atoms with van der Waals surface area (Å²) in [4.78, 5) is 23.4. The molecule has 0 radical (unpaired) electrons. The number of hydrogen-bond acceptors (Lipinski definition) is 3.